The summed E-state index contributed by atoms with van der Waals surface area (Å²) in [5.74, 6) is -0.118. The first kappa shape index (κ1) is 14.4. The number of fused-ring (bicyclic) bond motifs is 1. The van der Waals surface area contributed by atoms with Gasteiger partial charge in [0.05, 0.1) is 21.3 Å². The van der Waals surface area contributed by atoms with Crippen LogP contribution in [0.4, 0.5) is 5.69 Å². The second-order valence-electron chi connectivity index (χ2n) is 4.76. The summed E-state index contributed by atoms with van der Waals surface area (Å²) in [5.41, 5.74) is 1.74. The number of nitrogens with one attached hydrogen (secondary N) is 3. The topological polar surface area (TPSA) is 90.6 Å². The summed E-state index contributed by atoms with van der Waals surface area (Å²) in [6.45, 7) is 1.82. The Morgan fingerprint density at radius 2 is 2.05 bits per heavy atom. The summed E-state index contributed by atoms with van der Waals surface area (Å²) in [6.07, 6.45) is 1.70. The molecule has 22 heavy (non-hydrogen) atoms. The van der Waals surface area contributed by atoms with Crippen molar-refractivity contribution in [3.05, 3.63) is 53.1 Å². The van der Waals surface area contributed by atoms with Gasteiger partial charge < -0.3 is 15.3 Å². The van der Waals surface area contributed by atoms with E-state index in [9.17, 15) is 9.59 Å². The smallest absolute Gasteiger partial charge is 0.323 e. The SMILES string of the molecule is CC(Sc1ccccn1)C(=O)Nc1ccc2[nH]c(=O)[nH]c2c1. The number of thioether (sulfide) groups is 1. The van der Waals surface area contributed by atoms with E-state index in [0.29, 0.717) is 16.7 Å². The van der Waals surface area contributed by atoms with E-state index in [-0.39, 0.29) is 16.8 Å². The third-order valence-corrected chi connectivity index (χ3v) is 4.14. The Morgan fingerprint density at radius 1 is 1.23 bits per heavy atom. The normalized spacial score (nSPS) is 12.2. The monoisotopic (exact) mass is 314 g/mol. The van der Waals surface area contributed by atoms with E-state index in [4.69, 9.17) is 0 Å². The van der Waals surface area contributed by atoms with Crippen LogP contribution in [0.1, 0.15) is 6.92 Å². The second-order valence-corrected chi connectivity index (χ2v) is 6.12. The van der Waals surface area contributed by atoms with Gasteiger partial charge >= 0.3 is 5.69 Å². The van der Waals surface area contributed by atoms with Crippen molar-refractivity contribution in [3.8, 4) is 0 Å². The Morgan fingerprint density at radius 3 is 2.82 bits per heavy atom. The highest BCUT2D eigenvalue weighted by molar-refractivity contribution is 8.00. The van der Waals surface area contributed by atoms with Gasteiger partial charge in [-0.25, -0.2) is 9.78 Å². The second kappa shape index (κ2) is 6.07. The van der Waals surface area contributed by atoms with Gasteiger partial charge in [0.1, 0.15) is 0 Å². The molecule has 6 nitrogen and oxygen atoms in total. The zero-order valence-electron chi connectivity index (χ0n) is 11.8. The average molecular weight is 314 g/mol. The van der Waals surface area contributed by atoms with Crippen molar-refractivity contribution in [2.24, 2.45) is 0 Å². The fourth-order valence-electron chi connectivity index (χ4n) is 2.01. The van der Waals surface area contributed by atoms with Gasteiger partial charge in [0.25, 0.3) is 0 Å². The molecule has 1 atom stereocenters. The standard InChI is InChI=1S/C15H14N4O2S/c1-9(22-13-4-2-3-7-16-13)14(20)17-10-5-6-11-12(8-10)19-15(21)18-11/h2-9H,1H3,(H,17,20)(H2,18,19,21). The fraction of sp³-hybridized carbons (Fsp3) is 0.133. The van der Waals surface area contributed by atoms with Gasteiger partial charge in [0, 0.05) is 11.9 Å². The minimum Gasteiger partial charge on any atom is -0.325 e. The zero-order valence-corrected chi connectivity index (χ0v) is 12.6. The van der Waals surface area contributed by atoms with Crippen LogP contribution in [-0.2, 0) is 4.79 Å². The Kier molecular flexibility index (Phi) is 3.97. The highest BCUT2D eigenvalue weighted by Crippen LogP contribution is 2.22. The number of carbonyl (C=O) groups excluding carboxylic acids is 1. The van der Waals surface area contributed by atoms with Crippen LogP contribution in [-0.4, -0.2) is 26.1 Å². The van der Waals surface area contributed by atoms with Crippen LogP contribution in [0.5, 0.6) is 0 Å². The Labute approximate surface area is 130 Å². The Hall–Kier alpha value is -2.54. The van der Waals surface area contributed by atoms with E-state index >= 15 is 0 Å². The number of hydrogen-bond acceptors (Lipinski definition) is 4. The largest absolute Gasteiger partial charge is 0.325 e. The molecule has 0 aliphatic carbocycles. The van der Waals surface area contributed by atoms with Crippen LogP contribution in [0.2, 0.25) is 0 Å². The lowest BCUT2D eigenvalue weighted by Gasteiger charge is -2.11. The lowest BCUT2D eigenvalue weighted by atomic mass is 10.2. The van der Waals surface area contributed by atoms with Crippen LogP contribution in [0, 0.1) is 0 Å². The number of nitrogens with zero attached hydrogens (tertiary/aromatic N) is 1. The lowest BCUT2D eigenvalue weighted by Crippen LogP contribution is -2.22. The van der Waals surface area contributed by atoms with Crippen LogP contribution < -0.4 is 11.0 Å². The number of aromatic nitrogens is 3. The molecule has 1 amide bonds. The number of amides is 1. The molecule has 7 heteroatoms. The lowest BCUT2D eigenvalue weighted by molar-refractivity contribution is -0.115. The van der Waals surface area contributed by atoms with Crippen LogP contribution >= 0.6 is 11.8 Å². The number of aromatic amines is 2. The Balaban J connectivity index is 1.70. The first-order valence-corrected chi connectivity index (χ1v) is 7.60. The van der Waals surface area contributed by atoms with Crippen molar-refractivity contribution >= 4 is 34.4 Å². The molecule has 112 valence electrons. The molecule has 3 aromatic rings. The molecule has 2 heterocycles. The van der Waals surface area contributed by atoms with Gasteiger partial charge in [-0.15, -0.1) is 0 Å². The van der Waals surface area contributed by atoms with Crippen molar-refractivity contribution in [1.29, 1.82) is 0 Å². The molecule has 0 aliphatic rings. The molecule has 0 saturated heterocycles. The third kappa shape index (κ3) is 3.20. The molecule has 0 bridgehead atoms. The molecule has 3 rings (SSSR count). The van der Waals surface area contributed by atoms with Gasteiger partial charge in [-0.1, -0.05) is 17.8 Å². The number of hydrogen-bond donors (Lipinski definition) is 3. The maximum Gasteiger partial charge on any atom is 0.323 e. The van der Waals surface area contributed by atoms with E-state index in [1.807, 2.05) is 25.1 Å². The summed E-state index contributed by atoms with van der Waals surface area (Å²) in [7, 11) is 0. The first-order chi connectivity index (χ1) is 10.6. The van der Waals surface area contributed by atoms with E-state index in [1.165, 1.54) is 11.8 Å². The van der Waals surface area contributed by atoms with E-state index in [1.54, 1.807) is 24.4 Å². The van der Waals surface area contributed by atoms with Crippen LogP contribution in [0.15, 0.2) is 52.4 Å². The van der Waals surface area contributed by atoms with Crippen LogP contribution in [0.25, 0.3) is 11.0 Å². The van der Waals surface area contributed by atoms with E-state index in [0.717, 1.165) is 5.03 Å². The van der Waals surface area contributed by atoms with Crippen LogP contribution in [0.3, 0.4) is 0 Å². The number of rotatable bonds is 4. The highest BCUT2D eigenvalue weighted by Gasteiger charge is 2.15. The van der Waals surface area contributed by atoms with Gasteiger partial charge in [0.2, 0.25) is 5.91 Å². The van der Waals surface area contributed by atoms with Crippen molar-refractivity contribution in [3.63, 3.8) is 0 Å². The molecule has 0 saturated carbocycles. The predicted octanol–water partition coefficient (Wildman–Crippen LogP) is 2.37. The molecule has 1 aromatic carbocycles. The molecular weight excluding hydrogens is 300 g/mol. The number of anilines is 1. The molecule has 0 spiro atoms. The quantitative estimate of drug-likeness (QED) is 0.645. The maximum atomic E-state index is 12.2. The molecule has 1 unspecified atom stereocenters. The van der Waals surface area contributed by atoms with Crippen molar-refractivity contribution in [2.75, 3.05) is 5.32 Å². The minimum absolute atomic E-state index is 0.118. The molecule has 0 radical (unpaired) electrons. The van der Waals surface area contributed by atoms with Crippen molar-refractivity contribution in [2.45, 2.75) is 17.2 Å². The average Bonchev–Trinajstić information content (AvgIpc) is 2.87. The summed E-state index contributed by atoms with van der Waals surface area (Å²) >= 11 is 1.39. The summed E-state index contributed by atoms with van der Waals surface area (Å²) in [6, 6.07) is 10.8. The predicted molar refractivity (Wildman–Crippen MR) is 87.1 cm³/mol. The molecule has 0 fully saturated rings. The number of carbonyl (C=O) groups is 1. The molecular formula is C15H14N4O2S. The summed E-state index contributed by atoms with van der Waals surface area (Å²) < 4.78 is 0. The molecule has 0 aliphatic heterocycles. The van der Waals surface area contributed by atoms with Gasteiger partial charge in [-0.05, 0) is 37.3 Å². The minimum atomic E-state index is -0.282. The number of benzene rings is 1. The third-order valence-electron chi connectivity index (χ3n) is 3.09. The number of pyridine rings is 1. The van der Waals surface area contributed by atoms with E-state index < -0.39 is 0 Å². The highest BCUT2D eigenvalue weighted by atomic mass is 32.2. The number of imidazole rings is 1. The van der Waals surface area contributed by atoms with Gasteiger partial charge in [0.15, 0.2) is 0 Å². The zero-order chi connectivity index (χ0) is 15.5. The Bertz CT molecular complexity index is 857. The fourth-order valence-corrected chi connectivity index (χ4v) is 2.81. The maximum absolute atomic E-state index is 12.2. The van der Waals surface area contributed by atoms with Crippen molar-refractivity contribution in [1.82, 2.24) is 15.0 Å². The molecule has 2 aromatic heterocycles. The van der Waals surface area contributed by atoms with Gasteiger partial charge in [-0.2, -0.15) is 0 Å². The van der Waals surface area contributed by atoms with Gasteiger partial charge in [-0.3, -0.25) is 4.79 Å². The first-order valence-electron chi connectivity index (χ1n) is 6.72. The van der Waals surface area contributed by atoms with E-state index in [2.05, 4.69) is 20.3 Å². The number of H-pyrrole nitrogens is 2. The van der Waals surface area contributed by atoms with Crippen molar-refractivity contribution < 1.29 is 4.79 Å². The summed E-state index contributed by atoms with van der Waals surface area (Å²) in [5, 5.41) is 3.36. The molecule has 3 N–H and O–H groups in total. The summed E-state index contributed by atoms with van der Waals surface area (Å²) in [4.78, 5) is 33.0.